The number of hydrogen-bond donors (Lipinski definition) is 1. The maximum Gasteiger partial charge on any atom is 0.193 e. The fourth-order valence-electron chi connectivity index (χ4n) is 2.11. The summed E-state index contributed by atoms with van der Waals surface area (Å²) >= 11 is 0. The van der Waals surface area contributed by atoms with Gasteiger partial charge in [0, 0.05) is 0 Å². The van der Waals surface area contributed by atoms with Gasteiger partial charge >= 0.3 is 0 Å². The molecule has 2 rings (SSSR count). The van der Waals surface area contributed by atoms with E-state index in [0.29, 0.717) is 0 Å². The first-order chi connectivity index (χ1) is 10.2. The first-order valence-corrected chi connectivity index (χ1v) is 10.6. The highest BCUT2D eigenvalue weighted by Gasteiger charge is 2.41. The molecule has 0 spiro atoms. The molecule has 3 nitrogen and oxygen atoms in total. The van der Waals surface area contributed by atoms with E-state index in [1.807, 2.05) is 42.5 Å². The van der Waals surface area contributed by atoms with E-state index in [-0.39, 0.29) is 17.2 Å². The van der Waals surface area contributed by atoms with Gasteiger partial charge in [-0.1, -0.05) is 51.1 Å². The summed E-state index contributed by atoms with van der Waals surface area (Å²) in [5, 5.41) is 0.119. The van der Waals surface area contributed by atoms with Gasteiger partial charge in [-0.25, -0.2) is 0 Å². The minimum atomic E-state index is -1.96. The van der Waals surface area contributed by atoms with Crippen LogP contribution in [0.3, 0.4) is 0 Å². The molecule has 120 valence electrons. The molecule has 1 heterocycles. The summed E-state index contributed by atoms with van der Waals surface area (Å²) in [6.45, 7) is 11.2. The van der Waals surface area contributed by atoms with Gasteiger partial charge in [-0.15, -0.1) is 0 Å². The molecule has 0 aliphatic heterocycles. The van der Waals surface area contributed by atoms with Gasteiger partial charge in [-0.05, 0) is 35.8 Å². The van der Waals surface area contributed by atoms with Crippen molar-refractivity contribution in [3.05, 3.63) is 60.1 Å². The van der Waals surface area contributed by atoms with Crippen molar-refractivity contribution >= 4 is 8.32 Å². The van der Waals surface area contributed by atoms with Crippen LogP contribution < -0.4 is 5.73 Å². The predicted octanol–water partition coefficient (Wildman–Crippen LogP) is 5.04. The lowest BCUT2D eigenvalue weighted by Crippen LogP contribution is -2.43. The van der Waals surface area contributed by atoms with Crippen molar-refractivity contribution in [3.8, 4) is 0 Å². The van der Waals surface area contributed by atoms with Crippen molar-refractivity contribution < 1.29 is 8.84 Å². The van der Waals surface area contributed by atoms with Crippen LogP contribution in [0, 0.1) is 0 Å². The van der Waals surface area contributed by atoms with Gasteiger partial charge in [-0.2, -0.15) is 0 Å². The average Bonchev–Trinajstić information content (AvgIpc) is 2.98. The normalized spacial score (nSPS) is 15.5. The molecule has 1 aromatic carbocycles. The van der Waals surface area contributed by atoms with Gasteiger partial charge in [0.15, 0.2) is 8.32 Å². The molecule has 4 heteroatoms. The fourth-order valence-corrected chi connectivity index (χ4v) is 3.36. The summed E-state index contributed by atoms with van der Waals surface area (Å²) in [6.07, 6.45) is 1.41. The molecule has 0 radical (unpaired) electrons. The molecular weight excluding hydrogens is 290 g/mol. The maximum atomic E-state index is 6.58. The summed E-state index contributed by atoms with van der Waals surface area (Å²) in [4.78, 5) is 0. The molecule has 0 unspecified atom stereocenters. The van der Waals surface area contributed by atoms with Crippen LogP contribution in [0.2, 0.25) is 18.1 Å². The van der Waals surface area contributed by atoms with Gasteiger partial charge in [0.25, 0.3) is 0 Å². The second kappa shape index (κ2) is 6.40. The molecule has 0 aliphatic rings. The zero-order valence-electron chi connectivity index (χ0n) is 14.2. The molecular formula is C18H27NO2Si. The Hall–Kier alpha value is -1.36. The Kier molecular flexibility index (Phi) is 4.95. The third-order valence-corrected chi connectivity index (χ3v) is 9.02. The largest absolute Gasteiger partial charge is 0.467 e. The van der Waals surface area contributed by atoms with Crippen LogP contribution >= 0.6 is 0 Å². The lowest BCUT2D eigenvalue weighted by Gasteiger charge is -2.40. The Morgan fingerprint density at radius 1 is 1.05 bits per heavy atom. The molecule has 0 saturated carbocycles. The van der Waals surface area contributed by atoms with E-state index in [0.717, 1.165) is 11.3 Å². The van der Waals surface area contributed by atoms with Crippen molar-refractivity contribution in [1.82, 2.24) is 0 Å². The molecule has 2 N–H and O–H groups in total. The van der Waals surface area contributed by atoms with Gasteiger partial charge in [0.05, 0.1) is 12.3 Å². The molecule has 0 fully saturated rings. The summed E-state index contributed by atoms with van der Waals surface area (Å²) in [5.74, 6) is 0.793. The zero-order chi connectivity index (χ0) is 16.4. The van der Waals surface area contributed by atoms with Gasteiger partial charge in [0.2, 0.25) is 0 Å². The first-order valence-electron chi connectivity index (χ1n) is 7.74. The van der Waals surface area contributed by atoms with Gasteiger partial charge in [-0.3, -0.25) is 0 Å². The second-order valence-electron chi connectivity index (χ2n) is 7.25. The molecule has 1 aromatic heterocycles. The van der Waals surface area contributed by atoms with Crippen LogP contribution in [0.25, 0.3) is 0 Å². The predicted molar refractivity (Wildman–Crippen MR) is 93.1 cm³/mol. The second-order valence-corrected chi connectivity index (χ2v) is 12.0. The monoisotopic (exact) mass is 317 g/mol. The van der Waals surface area contributed by atoms with Crippen molar-refractivity contribution in [2.24, 2.45) is 5.73 Å². The molecule has 0 aliphatic carbocycles. The summed E-state index contributed by atoms with van der Waals surface area (Å²) in [6, 6.07) is 13.6. The minimum absolute atomic E-state index is 0.119. The van der Waals surface area contributed by atoms with Crippen molar-refractivity contribution in [2.45, 2.75) is 51.0 Å². The molecule has 2 atom stereocenters. The molecule has 0 bridgehead atoms. The van der Waals surface area contributed by atoms with E-state index in [4.69, 9.17) is 14.6 Å². The number of benzene rings is 1. The summed E-state index contributed by atoms with van der Waals surface area (Å²) in [7, 11) is -1.96. The van der Waals surface area contributed by atoms with Crippen LogP contribution in [-0.4, -0.2) is 8.32 Å². The van der Waals surface area contributed by atoms with Crippen LogP contribution in [0.1, 0.15) is 44.2 Å². The van der Waals surface area contributed by atoms with Crippen LogP contribution in [0.5, 0.6) is 0 Å². The Morgan fingerprint density at radius 2 is 1.68 bits per heavy atom. The molecule has 0 saturated heterocycles. The third-order valence-electron chi connectivity index (χ3n) is 4.56. The number of rotatable bonds is 5. The Morgan fingerprint density at radius 3 is 2.18 bits per heavy atom. The van der Waals surface area contributed by atoms with Crippen molar-refractivity contribution in [2.75, 3.05) is 0 Å². The van der Waals surface area contributed by atoms with E-state index < -0.39 is 8.32 Å². The Bertz CT molecular complexity index is 573. The highest BCUT2D eigenvalue weighted by atomic mass is 28.4. The van der Waals surface area contributed by atoms with E-state index in [1.165, 1.54) is 0 Å². The van der Waals surface area contributed by atoms with Crippen LogP contribution in [-0.2, 0) is 4.43 Å². The third kappa shape index (κ3) is 3.69. The standard InChI is InChI=1S/C18H27NO2Si/c1-18(2,3)22(4,5)21-17(15-12-9-13-20-15)16(19)14-10-7-6-8-11-14/h6-13,16-17H,19H2,1-5H3/t16-,17+/m0/s1. The summed E-state index contributed by atoms with van der Waals surface area (Å²) in [5.41, 5.74) is 7.58. The lowest BCUT2D eigenvalue weighted by molar-refractivity contribution is 0.129. The van der Waals surface area contributed by atoms with E-state index in [2.05, 4.69) is 33.9 Å². The minimum Gasteiger partial charge on any atom is -0.467 e. The average molecular weight is 318 g/mol. The van der Waals surface area contributed by atoms with E-state index in [9.17, 15) is 0 Å². The summed E-state index contributed by atoms with van der Waals surface area (Å²) < 4.78 is 12.2. The Labute approximate surface area is 134 Å². The first kappa shape index (κ1) is 17.0. The smallest absolute Gasteiger partial charge is 0.193 e. The topological polar surface area (TPSA) is 48.4 Å². The van der Waals surface area contributed by atoms with Gasteiger partial charge < -0.3 is 14.6 Å². The number of nitrogens with two attached hydrogens (primary N) is 1. The number of hydrogen-bond acceptors (Lipinski definition) is 3. The van der Waals surface area contributed by atoms with E-state index >= 15 is 0 Å². The van der Waals surface area contributed by atoms with Crippen molar-refractivity contribution in [3.63, 3.8) is 0 Å². The lowest BCUT2D eigenvalue weighted by atomic mass is 10.0. The quantitative estimate of drug-likeness (QED) is 0.786. The molecule has 0 amide bonds. The highest BCUT2D eigenvalue weighted by Crippen LogP contribution is 2.42. The van der Waals surface area contributed by atoms with Crippen LogP contribution in [0.15, 0.2) is 53.1 Å². The van der Waals surface area contributed by atoms with Crippen molar-refractivity contribution in [1.29, 1.82) is 0 Å². The van der Waals surface area contributed by atoms with Gasteiger partial charge in [0.1, 0.15) is 11.9 Å². The SMILES string of the molecule is CC(C)(C)[Si](C)(C)O[C@H](c1ccco1)[C@@H](N)c1ccccc1. The van der Waals surface area contributed by atoms with E-state index in [1.54, 1.807) is 6.26 Å². The maximum absolute atomic E-state index is 6.58. The number of furan rings is 1. The fraction of sp³-hybridized carbons (Fsp3) is 0.444. The van der Waals surface area contributed by atoms with Crippen LogP contribution in [0.4, 0.5) is 0 Å². The highest BCUT2D eigenvalue weighted by molar-refractivity contribution is 6.74. The zero-order valence-corrected chi connectivity index (χ0v) is 15.2. The molecule has 22 heavy (non-hydrogen) atoms. The molecule has 2 aromatic rings. The Balaban J connectivity index is 2.33.